The summed E-state index contributed by atoms with van der Waals surface area (Å²) in [7, 11) is 3.31. The minimum absolute atomic E-state index is 0.000865. The van der Waals surface area contributed by atoms with E-state index in [0.29, 0.717) is 33.0 Å². The van der Waals surface area contributed by atoms with E-state index in [1.165, 1.54) is 0 Å². The number of ether oxygens (including phenoxy) is 5. The smallest absolute Gasteiger partial charge is 0.118 e. The SMILES string of the molecule is C=CCO[C@H](COCc1ccc(OC)cc1)[C@H](C=C)COCc1ccc(OC)cc1. The van der Waals surface area contributed by atoms with E-state index in [0.717, 1.165) is 22.6 Å². The van der Waals surface area contributed by atoms with Gasteiger partial charge in [0, 0.05) is 5.92 Å². The Kier molecular flexibility index (Phi) is 10.7. The summed E-state index contributed by atoms with van der Waals surface area (Å²) in [5, 5.41) is 0. The first kappa shape index (κ1) is 23.7. The molecule has 162 valence electrons. The van der Waals surface area contributed by atoms with E-state index in [-0.39, 0.29) is 12.0 Å². The molecule has 0 amide bonds. The zero-order valence-electron chi connectivity index (χ0n) is 17.9. The number of hydrogen-bond acceptors (Lipinski definition) is 5. The fourth-order valence-corrected chi connectivity index (χ4v) is 2.86. The van der Waals surface area contributed by atoms with Gasteiger partial charge in [-0.3, -0.25) is 0 Å². The maximum atomic E-state index is 5.92. The molecule has 2 aromatic rings. The predicted octanol–water partition coefficient (Wildman–Crippen LogP) is 4.81. The van der Waals surface area contributed by atoms with Crippen LogP contribution in [0.3, 0.4) is 0 Å². The fourth-order valence-electron chi connectivity index (χ4n) is 2.86. The third kappa shape index (κ3) is 8.03. The van der Waals surface area contributed by atoms with Gasteiger partial charge in [-0.1, -0.05) is 36.4 Å². The van der Waals surface area contributed by atoms with Crippen molar-refractivity contribution in [2.45, 2.75) is 19.3 Å². The molecule has 2 aromatic carbocycles. The van der Waals surface area contributed by atoms with Crippen LogP contribution in [0.2, 0.25) is 0 Å². The van der Waals surface area contributed by atoms with Gasteiger partial charge >= 0.3 is 0 Å². The van der Waals surface area contributed by atoms with Gasteiger partial charge in [0.15, 0.2) is 0 Å². The van der Waals surface area contributed by atoms with Crippen LogP contribution in [0.4, 0.5) is 0 Å². The van der Waals surface area contributed by atoms with Crippen molar-refractivity contribution in [2.24, 2.45) is 5.92 Å². The molecular formula is C25H32O5. The van der Waals surface area contributed by atoms with E-state index < -0.39 is 0 Å². The van der Waals surface area contributed by atoms with Crippen molar-refractivity contribution >= 4 is 0 Å². The molecule has 0 saturated heterocycles. The summed E-state index contributed by atoms with van der Waals surface area (Å²) in [6.45, 7) is 10.1. The van der Waals surface area contributed by atoms with Crippen LogP contribution in [0.15, 0.2) is 73.8 Å². The number of hydrogen-bond donors (Lipinski definition) is 0. The molecule has 0 aliphatic carbocycles. The van der Waals surface area contributed by atoms with Gasteiger partial charge in [-0.25, -0.2) is 0 Å². The van der Waals surface area contributed by atoms with Crippen LogP contribution in [0.5, 0.6) is 11.5 Å². The summed E-state index contributed by atoms with van der Waals surface area (Å²) in [5.41, 5.74) is 2.15. The Hall–Kier alpha value is -2.60. The Morgan fingerprint density at radius 2 is 1.27 bits per heavy atom. The van der Waals surface area contributed by atoms with E-state index in [1.807, 2.05) is 54.6 Å². The van der Waals surface area contributed by atoms with Crippen molar-refractivity contribution < 1.29 is 23.7 Å². The van der Waals surface area contributed by atoms with Gasteiger partial charge < -0.3 is 23.7 Å². The molecule has 5 nitrogen and oxygen atoms in total. The van der Waals surface area contributed by atoms with Gasteiger partial charge in [0.25, 0.3) is 0 Å². The lowest BCUT2D eigenvalue weighted by Crippen LogP contribution is -2.31. The van der Waals surface area contributed by atoms with Gasteiger partial charge in [0.1, 0.15) is 11.5 Å². The minimum Gasteiger partial charge on any atom is -0.497 e. The Balaban J connectivity index is 1.84. The molecule has 0 unspecified atom stereocenters. The highest BCUT2D eigenvalue weighted by molar-refractivity contribution is 5.27. The highest BCUT2D eigenvalue weighted by Crippen LogP contribution is 2.16. The van der Waals surface area contributed by atoms with Crippen molar-refractivity contribution in [1.29, 1.82) is 0 Å². The van der Waals surface area contributed by atoms with Crippen LogP contribution in [-0.4, -0.2) is 40.1 Å². The monoisotopic (exact) mass is 412 g/mol. The first-order valence-electron chi connectivity index (χ1n) is 9.96. The van der Waals surface area contributed by atoms with Crippen LogP contribution in [-0.2, 0) is 27.4 Å². The average molecular weight is 413 g/mol. The van der Waals surface area contributed by atoms with Crippen LogP contribution < -0.4 is 9.47 Å². The lowest BCUT2D eigenvalue weighted by Gasteiger charge is -2.24. The van der Waals surface area contributed by atoms with Crippen molar-refractivity contribution in [3.63, 3.8) is 0 Å². The van der Waals surface area contributed by atoms with Crippen molar-refractivity contribution in [3.05, 3.63) is 85.0 Å². The minimum atomic E-state index is -0.172. The summed E-state index contributed by atoms with van der Waals surface area (Å²) >= 11 is 0. The molecule has 0 bridgehead atoms. The Labute approximate surface area is 179 Å². The first-order valence-corrected chi connectivity index (χ1v) is 9.96. The van der Waals surface area contributed by atoms with E-state index >= 15 is 0 Å². The quantitative estimate of drug-likeness (QED) is 0.393. The third-order valence-electron chi connectivity index (χ3n) is 4.66. The van der Waals surface area contributed by atoms with E-state index in [1.54, 1.807) is 20.3 Å². The molecule has 5 heteroatoms. The standard InChI is InChI=1S/C25H32O5/c1-5-15-30-25(19-29-17-21-9-13-24(27-4)14-10-21)22(6-2)18-28-16-20-7-11-23(26-3)12-8-20/h5-14,22,25H,1-2,15-19H2,3-4H3/t22-,25-/m1/s1. The van der Waals surface area contributed by atoms with Crippen molar-refractivity contribution in [1.82, 2.24) is 0 Å². The van der Waals surface area contributed by atoms with Gasteiger partial charge in [-0.15, -0.1) is 13.2 Å². The lowest BCUT2D eigenvalue weighted by atomic mass is 10.0. The number of methoxy groups -OCH3 is 2. The second-order valence-corrected chi connectivity index (χ2v) is 6.79. The predicted molar refractivity (Wildman–Crippen MR) is 119 cm³/mol. The van der Waals surface area contributed by atoms with Gasteiger partial charge in [-0.05, 0) is 35.4 Å². The maximum absolute atomic E-state index is 5.92. The third-order valence-corrected chi connectivity index (χ3v) is 4.66. The Bertz CT molecular complexity index is 739. The summed E-state index contributed by atoms with van der Waals surface area (Å²) in [4.78, 5) is 0. The molecule has 30 heavy (non-hydrogen) atoms. The first-order chi connectivity index (χ1) is 14.7. The Morgan fingerprint density at radius 1 is 0.767 bits per heavy atom. The molecule has 0 radical (unpaired) electrons. The second kappa shape index (κ2) is 13.6. The molecule has 0 aliphatic rings. The zero-order valence-corrected chi connectivity index (χ0v) is 17.9. The highest BCUT2D eigenvalue weighted by Gasteiger charge is 2.20. The highest BCUT2D eigenvalue weighted by atomic mass is 16.5. The van der Waals surface area contributed by atoms with Crippen molar-refractivity contribution in [3.8, 4) is 11.5 Å². The van der Waals surface area contributed by atoms with Crippen LogP contribution in [0.25, 0.3) is 0 Å². The van der Waals surface area contributed by atoms with Gasteiger partial charge in [-0.2, -0.15) is 0 Å². The van der Waals surface area contributed by atoms with Crippen LogP contribution in [0.1, 0.15) is 11.1 Å². The molecule has 0 spiro atoms. The normalized spacial score (nSPS) is 12.7. The largest absolute Gasteiger partial charge is 0.497 e. The molecule has 2 atom stereocenters. The van der Waals surface area contributed by atoms with Crippen LogP contribution >= 0.6 is 0 Å². The topological polar surface area (TPSA) is 46.2 Å². The summed E-state index contributed by atoms with van der Waals surface area (Å²) in [5.74, 6) is 1.65. The summed E-state index contributed by atoms with van der Waals surface area (Å²) < 4.78 is 28.1. The molecular weight excluding hydrogens is 380 g/mol. The van der Waals surface area contributed by atoms with Crippen molar-refractivity contribution in [2.75, 3.05) is 34.0 Å². The molecule has 0 fully saturated rings. The number of rotatable bonds is 15. The summed E-state index contributed by atoms with van der Waals surface area (Å²) in [6.07, 6.45) is 3.42. The number of benzene rings is 2. The zero-order chi connectivity index (χ0) is 21.6. The molecule has 2 rings (SSSR count). The molecule has 0 saturated carbocycles. The summed E-state index contributed by atoms with van der Waals surface area (Å²) in [6, 6.07) is 15.6. The molecule has 0 heterocycles. The maximum Gasteiger partial charge on any atom is 0.118 e. The van der Waals surface area contributed by atoms with E-state index in [9.17, 15) is 0 Å². The average Bonchev–Trinajstić information content (AvgIpc) is 2.80. The Morgan fingerprint density at radius 3 is 1.70 bits per heavy atom. The molecule has 0 N–H and O–H groups in total. The van der Waals surface area contributed by atoms with E-state index in [4.69, 9.17) is 23.7 Å². The van der Waals surface area contributed by atoms with Gasteiger partial charge in [0.2, 0.25) is 0 Å². The second-order valence-electron chi connectivity index (χ2n) is 6.79. The molecule has 0 aromatic heterocycles. The van der Waals surface area contributed by atoms with Crippen LogP contribution in [0, 0.1) is 5.92 Å². The molecule has 0 aliphatic heterocycles. The fraction of sp³-hybridized carbons (Fsp3) is 0.360. The van der Waals surface area contributed by atoms with E-state index in [2.05, 4.69) is 13.2 Å². The lowest BCUT2D eigenvalue weighted by molar-refractivity contribution is -0.0511. The van der Waals surface area contributed by atoms with Gasteiger partial charge in [0.05, 0.1) is 53.4 Å².